The van der Waals surface area contributed by atoms with Crippen LogP contribution in [0.1, 0.15) is 47.5 Å². The van der Waals surface area contributed by atoms with E-state index >= 15 is 0 Å². The monoisotopic (exact) mass is 199 g/mol. The van der Waals surface area contributed by atoms with Crippen LogP contribution >= 0.6 is 0 Å². The van der Waals surface area contributed by atoms with Gasteiger partial charge in [-0.25, -0.2) is 4.79 Å². The Bertz CT molecular complexity index is 226. The molecule has 1 rings (SSSR count). The van der Waals surface area contributed by atoms with Crippen molar-refractivity contribution < 1.29 is 9.53 Å². The average molecular weight is 199 g/mol. The van der Waals surface area contributed by atoms with E-state index in [-0.39, 0.29) is 12.1 Å². The summed E-state index contributed by atoms with van der Waals surface area (Å²) in [4.78, 5) is 11.4. The number of nitrogens with one attached hydrogen (secondary N) is 1. The molecule has 0 aliphatic heterocycles. The summed E-state index contributed by atoms with van der Waals surface area (Å²) in [6.07, 6.45) is 2.09. The summed E-state index contributed by atoms with van der Waals surface area (Å²) < 4.78 is 5.18. The van der Waals surface area contributed by atoms with E-state index in [9.17, 15) is 4.79 Å². The Balaban J connectivity index is 2.34. The molecule has 0 aromatic heterocycles. The summed E-state index contributed by atoms with van der Waals surface area (Å²) >= 11 is 0. The number of carbonyl (C=O) groups is 1. The molecule has 0 radical (unpaired) electrons. The summed E-state index contributed by atoms with van der Waals surface area (Å²) in [6.45, 7) is 9.84. The molecule has 1 aliphatic carbocycles. The van der Waals surface area contributed by atoms with Crippen molar-refractivity contribution in [3.8, 4) is 0 Å². The molecule has 0 aromatic carbocycles. The SMILES string of the molecule is CC(NC(=O)OC(C)(C)C)C1(C)CC1. The van der Waals surface area contributed by atoms with Crippen LogP contribution in [0.5, 0.6) is 0 Å². The van der Waals surface area contributed by atoms with E-state index in [1.807, 2.05) is 27.7 Å². The fourth-order valence-corrected chi connectivity index (χ4v) is 1.29. The van der Waals surface area contributed by atoms with Gasteiger partial charge in [-0.05, 0) is 46.0 Å². The predicted molar refractivity (Wildman–Crippen MR) is 56.2 cm³/mol. The van der Waals surface area contributed by atoms with E-state index in [1.54, 1.807) is 0 Å². The van der Waals surface area contributed by atoms with Gasteiger partial charge in [-0.1, -0.05) is 6.92 Å². The first-order valence-corrected chi connectivity index (χ1v) is 5.22. The van der Waals surface area contributed by atoms with Crippen LogP contribution in [0.2, 0.25) is 0 Å². The second-order valence-corrected chi connectivity index (χ2v) is 5.52. The first kappa shape index (κ1) is 11.3. The quantitative estimate of drug-likeness (QED) is 0.742. The summed E-state index contributed by atoms with van der Waals surface area (Å²) in [5.74, 6) is 0. The summed E-state index contributed by atoms with van der Waals surface area (Å²) in [5.41, 5.74) is -0.106. The van der Waals surface area contributed by atoms with E-state index in [0.29, 0.717) is 5.41 Å². The number of alkyl carbamates (subject to hydrolysis) is 1. The third-order valence-electron chi connectivity index (χ3n) is 2.82. The van der Waals surface area contributed by atoms with Crippen molar-refractivity contribution in [2.45, 2.75) is 59.1 Å². The van der Waals surface area contributed by atoms with Gasteiger partial charge in [0.05, 0.1) is 0 Å². The topological polar surface area (TPSA) is 38.3 Å². The Morgan fingerprint density at radius 2 is 1.93 bits per heavy atom. The fourth-order valence-electron chi connectivity index (χ4n) is 1.29. The minimum absolute atomic E-state index is 0.206. The number of carbonyl (C=O) groups excluding carboxylic acids is 1. The predicted octanol–water partition coefficient (Wildman–Crippen LogP) is 2.70. The molecular weight excluding hydrogens is 178 g/mol. The molecule has 3 heteroatoms. The molecule has 1 amide bonds. The zero-order chi connectivity index (χ0) is 11.0. The number of ether oxygens (including phenoxy) is 1. The summed E-state index contributed by atoms with van der Waals surface area (Å²) in [5, 5.41) is 2.88. The van der Waals surface area contributed by atoms with Crippen molar-refractivity contribution in [2.24, 2.45) is 5.41 Å². The molecule has 1 fully saturated rings. The smallest absolute Gasteiger partial charge is 0.407 e. The van der Waals surface area contributed by atoms with Gasteiger partial charge >= 0.3 is 6.09 Å². The van der Waals surface area contributed by atoms with Crippen LogP contribution in [0.15, 0.2) is 0 Å². The first-order valence-electron chi connectivity index (χ1n) is 5.22. The third kappa shape index (κ3) is 3.20. The fraction of sp³-hybridized carbons (Fsp3) is 0.909. The third-order valence-corrected chi connectivity index (χ3v) is 2.82. The molecule has 1 saturated carbocycles. The van der Waals surface area contributed by atoms with E-state index in [4.69, 9.17) is 4.74 Å². The zero-order valence-electron chi connectivity index (χ0n) is 9.81. The van der Waals surface area contributed by atoms with E-state index < -0.39 is 5.60 Å². The molecule has 0 bridgehead atoms. The van der Waals surface area contributed by atoms with Crippen LogP contribution in [0.4, 0.5) is 4.79 Å². The largest absolute Gasteiger partial charge is 0.444 e. The Morgan fingerprint density at radius 3 is 2.29 bits per heavy atom. The Hall–Kier alpha value is -0.730. The van der Waals surface area contributed by atoms with Gasteiger partial charge in [0, 0.05) is 6.04 Å². The van der Waals surface area contributed by atoms with Gasteiger partial charge in [0.25, 0.3) is 0 Å². The van der Waals surface area contributed by atoms with Crippen LogP contribution in [0.3, 0.4) is 0 Å². The van der Waals surface area contributed by atoms with Gasteiger partial charge in [-0.3, -0.25) is 0 Å². The van der Waals surface area contributed by atoms with E-state index in [2.05, 4.69) is 12.2 Å². The molecule has 82 valence electrons. The van der Waals surface area contributed by atoms with Gasteiger partial charge in [-0.2, -0.15) is 0 Å². The maximum absolute atomic E-state index is 11.4. The lowest BCUT2D eigenvalue weighted by atomic mass is 10.0. The molecule has 0 saturated heterocycles. The maximum Gasteiger partial charge on any atom is 0.407 e. The van der Waals surface area contributed by atoms with Crippen molar-refractivity contribution in [3.63, 3.8) is 0 Å². The van der Waals surface area contributed by atoms with Gasteiger partial charge < -0.3 is 10.1 Å². The van der Waals surface area contributed by atoms with Crippen molar-refractivity contribution in [3.05, 3.63) is 0 Å². The van der Waals surface area contributed by atoms with Gasteiger partial charge in [-0.15, -0.1) is 0 Å². The second-order valence-electron chi connectivity index (χ2n) is 5.52. The van der Waals surface area contributed by atoms with Crippen LogP contribution in [-0.4, -0.2) is 17.7 Å². The lowest BCUT2D eigenvalue weighted by Gasteiger charge is -2.24. The highest BCUT2D eigenvalue weighted by Crippen LogP contribution is 2.47. The molecular formula is C11H21NO2. The van der Waals surface area contributed by atoms with Crippen LogP contribution in [-0.2, 0) is 4.74 Å². The van der Waals surface area contributed by atoms with Crippen LogP contribution in [0.25, 0.3) is 0 Å². The lowest BCUT2D eigenvalue weighted by molar-refractivity contribution is 0.0489. The van der Waals surface area contributed by atoms with E-state index in [0.717, 1.165) is 0 Å². The van der Waals surface area contributed by atoms with Gasteiger partial charge in [0.1, 0.15) is 5.60 Å². The minimum Gasteiger partial charge on any atom is -0.444 e. The highest BCUT2D eigenvalue weighted by atomic mass is 16.6. The normalized spacial score (nSPS) is 21.2. The second kappa shape index (κ2) is 3.44. The number of hydrogen-bond acceptors (Lipinski definition) is 2. The molecule has 1 aliphatic rings. The maximum atomic E-state index is 11.4. The number of hydrogen-bond donors (Lipinski definition) is 1. The molecule has 1 unspecified atom stereocenters. The number of amides is 1. The zero-order valence-corrected chi connectivity index (χ0v) is 9.81. The number of rotatable bonds is 2. The van der Waals surface area contributed by atoms with Crippen molar-refractivity contribution in [2.75, 3.05) is 0 Å². The van der Waals surface area contributed by atoms with Gasteiger partial charge in [0.2, 0.25) is 0 Å². The molecule has 14 heavy (non-hydrogen) atoms. The Kier molecular flexibility index (Phi) is 2.79. The first-order chi connectivity index (χ1) is 6.23. The molecule has 0 heterocycles. The Labute approximate surface area is 86.2 Å². The lowest BCUT2D eigenvalue weighted by Crippen LogP contribution is -2.41. The standard InChI is InChI=1S/C11H21NO2/c1-8(11(5)6-7-11)12-9(13)14-10(2,3)4/h8H,6-7H2,1-5H3,(H,12,13). The minimum atomic E-state index is -0.408. The summed E-state index contributed by atoms with van der Waals surface area (Å²) in [7, 11) is 0. The highest BCUT2D eigenvalue weighted by molar-refractivity contribution is 5.68. The van der Waals surface area contributed by atoms with Crippen molar-refractivity contribution in [1.82, 2.24) is 5.32 Å². The van der Waals surface area contributed by atoms with Crippen molar-refractivity contribution in [1.29, 1.82) is 0 Å². The van der Waals surface area contributed by atoms with Gasteiger partial charge in [0.15, 0.2) is 0 Å². The molecule has 3 nitrogen and oxygen atoms in total. The van der Waals surface area contributed by atoms with Crippen LogP contribution < -0.4 is 5.32 Å². The highest BCUT2D eigenvalue weighted by Gasteiger charge is 2.43. The summed E-state index contributed by atoms with van der Waals surface area (Å²) in [6, 6.07) is 0.206. The molecule has 1 atom stereocenters. The van der Waals surface area contributed by atoms with Crippen LogP contribution in [0, 0.1) is 5.41 Å². The van der Waals surface area contributed by atoms with Crippen molar-refractivity contribution >= 4 is 6.09 Å². The molecule has 0 spiro atoms. The molecule has 0 aromatic rings. The average Bonchev–Trinajstić information content (AvgIpc) is 2.64. The Morgan fingerprint density at radius 1 is 1.43 bits per heavy atom. The van der Waals surface area contributed by atoms with E-state index in [1.165, 1.54) is 12.8 Å². The molecule has 1 N–H and O–H groups in total.